The minimum Gasteiger partial charge on any atom is -0.455 e. The lowest BCUT2D eigenvalue weighted by molar-refractivity contribution is -0.114. The van der Waals surface area contributed by atoms with Gasteiger partial charge in [0.25, 0.3) is 0 Å². The highest BCUT2D eigenvalue weighted by Gasteiger charge is 2.55. The second kappa shape index (κ2) is 8.80. The summed E-state index contributed by atoms with van der Waals surface area (Å²) in [6.07, 6.45) is 5.59. The van der Waals surface area contributed by atoms with Crippen molar-refractivity contribution in [2.45, 2.75) is 52.0 Å². The predicted molar refractivity (Wildman–Crippen MR) is 143 cm³/mol. The Labute approximate surface area is 220 Å². The monoisotopic (exact) mass is 516 g/mol. The van der Waals surface area contributed by atoms with E-state index in [9.17, 15) is 4.79 Å². The average molecular weight is 517 g/mol. The Morgan fingerprint density at radius 1 is 1.16 bits per heavy atom. The van der Waals surface area contributed by atoms with E-state index in [0.717, 1.165) is 17.9 Å². The van der Waals surface area contributed by atoms with E-state index in [2.05, 4.69) is 52.1 Å². The first-order valence-corrected chi connectivity index (χ1v) is 12.8. The number of carbonyl (C=O) groups excluding carboxylic acids is 1. The lowest BCUT2D eigenvalue weighted by Crippen LogP contribution is -2.26. The van der Waals surface area contributed by atoms with Crippen LogP contribution < -0.4 is 15.4 Å². The quantitative estimate of drug-likeness (QED) is 0.378. The van der Waals surface area contributed by atoms with Crippen molar-refractivity contribution in [2.24, 2.45) is 12.5 Å². The fourth-order valence-corrected chi connectivity index (χ4v) is 5.06. The SMILES string of the molecule is CC(=O)Nc1cc(Oc2cnc3nc(Nc4cc(C(C)(C)C)n([C@@H]5COCC56CC6)n4)n(C)c3c2)ccn1. The lowest BCUT2D eigenvalue weighted by atomic mass is 9.90. The summed E-state index contributed by atoms with van der Waals surface area (Å²) in [5.74, 6) is 2.68. The molecule has 2 N–H and O–H groups in total. The molecule has 1 aliphatic carbocycles. The molecule has 2 fully saturated rings. The molecule has 4 aromatic heterocycles. The summed E-state index contributed by atoms with van der Waals surface area (Å²) < 4.78 is 16.0. The lowest BCUT2D eigenvalue weighted by Gasteiger charge is -2.25. The maximum atomic E-state index is 11.3. The van der Waals surface area contributed by atoms with Gasteiger partial charge >= 0.3 is 0 Å². The minimum absolute atomic E-state index is 0.0709. The molecule has 11 heteroatoms. The number of hydrogen-bond acceptors (Lipinski definition) is 8. The van der Waals surface area contributed by atoms with Gasteiger partial charge in [0.05, 0.1) is 31.0 Å². The maximum Gasteiger partial charge on any atom is 0.222 e. The van der Waals surface area contributed by atoms with Crippen LogP contribution in [0.1, 0.15) is 52.3 Å². The van der Waals surface area contributed by atoms with Gasteiger partial charge in [-0.25, -0.2) is 9.97 Å². The number of amides is 1. The third-order valence-electron chi connectivity index (χ3n) is 7.29. The number of ether oxygens (including phenoxy) is 2. The molecule has 0 aromatic carbocycles. The Morgan fingerprint density at radius 2 is 1.97 bits per heavy atom. The molecule has 1 amide bonds. The molecule has 0 bridgehead atoms. The van der Waals surface area contributed by atoms with Crippen molar-refractivity contribution < 1.29 is 14.3 Å². The molecular weight excluding hydrogens is 484 g/mol. The number of imidazole rings is 1. The third kappa shape index (κ3) is 4.47. The van der Waals surface area contributed by atoms with Gasteiger partial charge < -0.3 is 24.7 Å². The third-order valence-corrected chi connectivity index (χ3v) is 7.29. The van der Waals surface area contributed by atoms with Crippen molar-refractivity contribution in [2.75, 3.05) is 23.8 Å². The Balaban J connectivity index is 1.27. The number of rotatable bonds is 6. The van der Waals surface area contributed by atoms with Crippen LogP contribution >= 0.6 is 0 Å². The number of fused-ring (bicyclic) bond motifs is 1. The van der Waals surface area contributed by atoms with Gasteiger partial charge in [0.2, 0.25) is 11.9 Å². The molecule has 6 rings (SSSR count). The molecular formula is C27H32N8O3. The highest BCUT2D eigenvalue weighted by atomic mass is 16.5. The molecule has 198 valence electrons. The van der Waals surface area contributed by atoms with Gasteiger partial charge in [-0.05, 0) is 18.9 Å². The van der Waals surface area contributed by atoms with Gasteiger partial charge in [-0.15, -0.1) is 0 Å². The predicted octanol–water partition coefficient (Wildman–Crippen LogP) is 4.70. The molecule has 1 spiro atoms. The van der Waals surface area contributed by atoms with Crippen LogP contribution in [0.15, 0.2) is 36.7 Å². The van der Waals surface area contributed by atoms with Crippen LogP contribution in [0, 0.1) is 5.41 Å². The Morgan fingerprint density at radius 3 is 2.71 bits per heavy atom. The van der Waals surface area contributed by atoms with E-state index in [1.54, 1.807) is 24.5 Å². The van der Waals surface area contributed by atoms with Gasteiger partial charge in [0.15, 0.2) is 11.5 Å². The molecule has 1 aliphatic heterocycles. The number of anilines is 3. The number of aryl methyl sites for hydroxylation is 1. The number of pyridine rings is 2. The Kier molecular flexibility index (Phi) is 5.64. The zero-order valence-corrected chi connectivity index (χ0v) is 22.3. The fourth-order valence-electron chi connectivity index (χ4n) is 5.06. The first-order valence-electron chi connectivity index (χ1n) is 12.8. The van der Waals surface area contributed by atoms with Crippen LogP contribution in [0.25, 0.3) is 11.2 Å². The standard InChI is InChI=1S/C27H32N8O3/c1-16(36)30-22-11-17(6-9-28-22)38-18-10-19-24(29-13-18)32-25(34(19)5)31-23-12-20(26(2,3)4)35(33-23)21-14-37-15-27(21)7-8-27/h6,9-13,21H,7-8,14-15H2,1-5H3,(H,28,30,36)(H,29,31,32,33)/t21-/m1/s1. The first-order chi connectivity index (χ1) is 18.1. The van der Waals surface area contributed by atoms with E-state index in [0.29, 0.717) is 35.5 Å². The van der Waals surface area contributed by atoms with E-state index in [1.165, 1.54) is 25.5 Å². The first kappa shape index (κ1) is 24.4. The van der Waals surface area contributed by atoms with Crippen LogP contribution in [0.3, 0.4) is 0 Å². The summed E-state index contributed by atoms with van der Waals surface area (Å²) in [4.78, 5) is 24.7. The summed E-state index contributed by atoms with van der Waals surface area (Å²) in [5, 5.41) is 11.1. The molecule has 1 atom stereocenters. The van der Waals surface area contributed by atoms with Gasteiger partial charge in [0, 0.05) is 54.9 Å². The molecule has 5 heterocycles. The van der Waals surface area contributed by atoms with E-state index in [-0.39, 0.29) is 22.8 Å². The van der Waals surface area contributed by atoms with Crippen LogP contribution in [-0.4, -0.2) is 48.4 Å². The molecule has 0 unspecified atom stereocenters. The summed E-state index contributed by atoms with van der Waals surface area (Å²) in [7, 11) is 1.93. The number of nitrogens with zero attached hydrogens (tertiary/aromatic N) is 6. The van der Waals surface area contributed by atoms with E-state index in [4.69, 9.17) is 19.6 Å². The smallest absolute Gasteiger partial charge is 0.222 e. The van der Waals surface area contributed by atoms with Gasteiger partial charge in [0.1, 0.15) is 17.3 Å². The second-order valence-electron chi connectivity index (χ2n) is 11.3. The van der Waals surface area contributed by atoms with Crippen LogP contribution in [-0.2, 0) is 22.0 Å². The molecule has 38 heavy (non-hydrogen) atoms. The highest BCUT2D eigenvalue weighted by molar-refractivity contribution is 5.87. The molecule has 11 nitrogen and oxygen atoms in total. The Bertz CT molecular complexity index is 1530. The summed E-state index contributed by atoms with van der Waals surface area (Å²) in [5.41, 5.74) is 2.73. The van der Waals surface area contributed by atoms with E-state index in [1.807, 2.05) is 17.7 Å². The van der Waals surface area contributed by atoms with Crippen LogP contribution in [0.5, 0.6) is 11.5 Å². The van der Waals surface area contributed by atoms with Crippen molar-refractivity contribution in [3.63, 3.8) is 0 Å². The van der Waals surface area contributed by atoms with Crippen LogP contribution in [0.2, 0.25) is 0 Å². The summed E-state index contributed by atoms with van der Waals surface area (Å²) in [6.45, 7) is 9.58. The molecule has 0 radical (unpaired) electrons. The second-order valence-corrected chi connectivity index (χ2v) is 11.3. The van der Waals surface area contributed by atoms with Crippen molar-refractivity contribution >= 4 is 34.7 Å². The number of hydrogen-bond donors (Lipinski definition) is 2. The minimum atomic E-state index is -0.198. The highest BCUT2D eigenvalue weighted by Crippen LogP contribution is 2.58. The number of carbonyl (C=O) groups is 1. The van der Waals surface area contributed by atoms with Gasteiger partial charge in [-0.1, -0.05) is 20.8 Å². The summed E-state index contributed by atoms with van der Waals surface area (Å²) >= 11 is 0. The molecule has 1 saturated heterocycles. The molecule has 4 aromatic rings. The fraction of sp³-hybridized carbons (Fsp3) is 0.444. The molecule has 2 aliphatic rings. The number of aromatic nitrogens is 6. The van der Waals surface area contributed by atoms with Gasteiger partial charge in [-0.3, -0.25) is 9.48 Å². The average Bonchev–Trinajstić information content (AvgIpc) is 3.16. The van der Waals surface area contributed by atoms with Crippen LogP contribution in [0.4, 0.5) is 17.6 Å². The molecule has 1 saturated carbocycles. The van der Waals surface area contributed by atoms with Gasteiger partial charge in [-0.2, -0.15) is 10.1 Å². The van der Waals surface area contributed by atoms with Crippen molar-refractivity contribution in [3.05, 3.63) is 42.4 Å². The zero-order chi connectivity index (χ0) is 26.7. The van der Waals surface area contributed by atoms with Crippen molar-refractivity contribution in [1.82, 2.24) is 29.3 Å². The topological polar surface area (TPSA) is 121 Å². The largest absolute Gasteiger partial charge is 0.455 e. The summed E-state index contributed by atoms with van der Waals surface area (Å²) in [6, 6.07) is 7.63. The van der Waals surface area contributed by atoms with Crippen molar-refractivity contribution in [1.29, 1.82) is 0 Å². The van der Waals surface area contributed by atoms with E-state index < -0.39 is 0 Å². The normalized spacial score (nSPS) is 18.2. The number of nitrogens with one attached hydrogen (secondary N) is 2. The maximum absolute atomic E-state index is 11.3. The zero-order valence-electron chi connectivity index (χ0n) is 22.3. The van der Waals surface area contributed by atoms with Crippen molar-refractivity contribution in [3.8, 4) is 11.5 Å². The van der Waals surface area contributed by atoms with E-state index >= 15 is 0 Å². The Hall–Kier alpha value is -3.99.